The van der Waals surface area contributed by atoms with Gasteiger partial charge in [-0.3, -0.25) is 5.10 Å². The average Bonchev–Trinajstić information content (AvgIpc) is 3.25. The standard InChI is InChI=1S/C26H33N7O3S2/c1-16(2)21-22(18-11-19(36-3)24-28-15-29-33(24)13-18)30-31-23(21)25-27-12-20(37-25)17-5-9-32(10-6-17)14-26(7-8-26)38(4,34)35/h11-13,15-17H,5-10,14H2,1-4H3,(H,30,31). The number of H-pyrrole nitrogens is 1. The van der Waals surface area contributed by atoms with Gasteiger partial charge in [0.05, 0.1) is 23.2 Å². The van der Waals surface area contributed by atoms with Crippen LogP contribution >= 0.6 is 11.3 Å². The van der Waals surface area contributed by atoms with E-state index in [0.29, 0.717) is 23.9 Å². The van der Waals surface area contributed by atoms with Crippen LogP contribution in [0, 0.1) is 0 Å². The van der Waals surface area contributed by atoms with E-state index in [2.05, 4.69) is 33.9 Å². The maximum absolute atomic E-state index is 12.2. The second kappa shape index (κ2) is 9.42. The average molecular weight is 556 g/mol. The van der Waals surface area contributed by atoms with Crippen LogP contribution in [-0.2, 0) is 9.84 Å². The lowest BCUT2D eigenvalue weighted by Gasteiger charge is -2.33. The number of aromatic amines is 1. The van der Waals surface area contributed by atoms with E-state index in [4.69, 9.17) is 14.8 Å². The molecule has 0 amide bonds. The smallest absolute Gasteiger partial charge is 0.197 e. The summed E-state index contributed by atoms with van der Waals surface area (Å²) in [7, 11) is -1.37. The van der Waals surface area contributed by atoms with Gasteiger partial charge < -0.3 is 9.64 Å². The summed E-state index contributed by atoms with van der Waals surface area (Å²) in [6, 6.07) is 1.95. The Morgan fingerprint density at radius 3 is 2.66 bits per heavy atom. The number of ether oxygens (including phenoxy) is 1. The Labute approximate surface area is 226 Å². The van der Waals surface area contributed by atoms with E-state index in [1.54, 1.807) is 23.0 Å². The largest absolute Gasteiger partial charge is 0.493 e. The van der Waals surface area contributed by atoms with Gasteiger partial charge >= 0.3 is 0 Å². The molecule has 2 aliphatic rings. The van der Waals surface area contributed by atoms with Gasteiger partial charge in [-0.15, -0.1) is 11.3 Å². The summed E-state index contributed by atoms with van der Waals surface area (Å²) < 4.78 is 31.2. The first-order valence-electron chi connectivity index (χ1n) is 13.0. The van der Waals surface area contributed by atoms with Crippen molar-refractivity contribution >= 4 is 26.8 Å². The van der Waals surface area contributed by atoms with Crippen LogP contribution in [0.25, 0.3) is 27.6 Å². The lowest BCUT2D eigenvalue weighted by molar-refractivity contribution is 0.209. The third-order valence-electron chi connectivity index (χ3n) is 8.05. The number of hydrogen-bond donors (Lipinski definition) is 1. The van der Waals surface area contributed by atoms with E-state index in [0.717, 1.165) is 66.3 Å². The number of sulfone groups is 1. The van der Waals surface area contributed by atoms with Gasteiger partial charge in [0.1, 0.15) is 11.3 Å². The summed E-state index contributed by atoms with van der Waals surface area (Å²) >= 11 is 1.73. The first kappa shape index (κ1) is 25.4. The molecule has 0 spiro atoms. The fourth-order valence-corrected chi connectivity index (χ4v) is 7.99. The number of fused-ring (bicyclic) bond motifs is 1. The predicted octanol–water partition coefficient (Wildman–Crippen LogP) is 4.13. The third kappa shape index (κ3) is 4.42. The molecule has 12 heteroatoms. The van der Waals surface area contributed by atoms with Gasteiger partial charge in [-0.2, -0.15) is 10.2 Å². The molecule has 2 fully saturated rings. The number of methoxy groups -OCH3 is 1. The van der Waals surface area contributed by atoms with Gasteiger partial charge in [-0.25, -0.2) is 22.9 Å². The van der Waals surface area contributed by atoms with Crippen molar-refractivity contribution in [2.24, 2.45) is 0 Å². The Balaban J connectivity index is 1.22. The molecule has 38 heavy (non-hydrogen) atoms. The molecule has 5 heterocycles. The Bertz CT molecular complexity index is 1580. The molecule has 1 aliphatic carbocycles. The van der Waals surface area contributed by atoms with Gasteiger partial charge in [0.25, 0.3) is 0 Å². The molecule has 4 aromatic heterocycles. The predicted molar refractivity (Wildman–Crippen MR) is 148 cm³/mol. The molecule has 1 aliphatic heterocycles. The molecule has 0 bridgehead atoms. The zero-order valence-electron chi connectivity index (χ0n) is 22.1. The summed E-state index contributed by atoms with van der Waals surface area (Å²) in [5.41, 5.74) is 4.48. The molecule has 0 radical (unpaired) electrons. The Morgan fingerprint density at radius 1 is 1.24 bits per heavy atom. The van der Waals surface area contributed by atoms with Crippen LogP contribution in [0.15, 0.2) is 24.8 Å². The van der Waals surface area contributed by atoms with Crippen LogP contribution in [-0.4, -0.2) is 80.8 Å². The second-order valence-electron chi connectivity index (χ2n) is 10.9. The lowest BCUT2D eigenvalue weighted by Crippen LogP contribution is -2.42. The van der Waals surface area contributed by atoms with Crippen molar-refractivity contribution in [3.63, 3.8) is 0 Å². The Morgan fingerprint density at radius 2 is 2.00 bits per heavy atom. The maximum Gasteiger partial charge on any atom is 0.197 e. The summed E-state index contributed by atoms with van der Waals surface area (Å²) in [5.74, 6) is 1.30. The summed E-state index contributed by atoms with van der Waals surface area (Å²) in [6.45, 7) is 6.85. The third-order valence-corrected chi connectivity index (χ3v) is 11.3. The molecule has 4 aromatic rings. The van der Waals surface area contributed by atoms with Crippen molar-refractivity contribution in [2.45, 2.75) is 56.1 Å². The number of aromatic nitrogens is 6. The van der Waals surface area contributed by atoms with Crippen molar-refractivity contribution in [1.82, 2.24) is 34.7 Å². The fourth-order valence-electron chi connectivity index (χ4n) is 5.63. The number of likely N-dealkylation sites (tertiary alicyclic amines) is 1. The van der Waals surface area contributed by atoms with Crippen molar-refractivity contribution < 1.29 is 13.2 Å². The summed E-state index contributed by atoms with van der Waals surface area (Å²) in [5, 5.41) is 13.2. The van der Waals surface area contributed by atoms with Crippen molar-refractivity contribution in [1.29, 1.82) is 0 Å². The number of thiazole rings is 1. The topological polar surface area (TPSA) is 118 Å². The number of piperidine rings is 1. The fraction of sp³-hybridized carbons (Fsp3) is 0.538. The maximum atomic E-state index is 12.2. The van der Waals surface area contributed by atoms with E-state index >= 15 is 0 Å². The highest BCUT2D eigenvalue weighted by atomic mass is 32.2. The van der Waals surface area contributed by atoms with E-state index in [1.165, 1.54) is 17.5 Å². The first-order chi connectivity index (χ1) is 18.2. The lowest BCUT2D eigenvalue weighted by atomic mass is 9.95. The van der Waals surface area contributed by atoms with Crippen LogP contribution in [0.3, 0.4) is 0 Å². The van der Waals surface area contributed by atoms with Crippen LogP contribution in [0.2, 0.25) is 0 Å². The first-order valence-corrected chi connectivity index (χ1v) is 15.7. The highest BCUT2D eigenvalue weighted by Crippen LogP contribution is 2.45. The molecule has 202 valence electrons. The van der Waals surface area contributed by atoms with E-state index in [9.17, 15) is 8.42 Å². The van der Waals surface area contributed by atoms with Crippen LogP contribution in [0.1, 0.15) is 61.8 Å². The quantitative estimate of drug-likeness (QED) is 0.345. The number of nitrogens with one attached hydrogen (secondary N) is 1. The highest BCUT2D eigenvalue weighted by Gasteiger charge is 2.53. The molecule has 6 rings (SSSR count). The molecular formula is C26H33N7O3S2. The minimum atomic E-state index is -3.00. The van der Waals surface area contributed by atoms with Crippen LogP contribution in [0.4, 0.5) is 0 Å². The highest BCUT2D eigenvalue weighted by molar-refractivity contribution is 7.92. The molecule has 0 atom stereocenters. The SMILES string of the molecule is COc1cc(-c2n[nH]c(-c3ncc(C4CCN(CC5(S(C)(=O)=O)CC5)CC4)s3)c2C(C)C)cn2ncnc12. The number of rotatable bonds is 8. The van der Waals surface area contributed by atoms with Crippen molar-refractivity contribution in [3.05, 3.63) is 35.2 Å². The van der Waals surface area contributed by atoms with E-state index < -0.39 is 14.6 Å². The van der Waals surface area contributed by atoms with E-state index in [-0.39, 0.29) is 5.92 Å². The molecule has 1 saturated heterocycles. The van der Waals surface area contributed by atoms with Gasteiger partial charge in [0, 0.05) is 41.2 Å². The molecule has 1 N–H and O–H groups in total. The molecular weight excluding hydrogens is 522 g/mol. The molecule has 0 unspecified atom stereocenters. The van der Waals surface area contributed by atoms with Crippen LogP contribution in [0.5, 0.6) is 5.75 Å². The second-order valence-corrected chi connectivity index (χ2v) is 14.4. The summed E-state index contributed by atoms with van der Waals surface area (Å²) in [4.78, 5) is 12.7. The van der Waals surface area contributed by atoms with Gasteiger partial charge in [0.2, 0.25) is 0 Å². The molecule has 10 nitrogen and oxygen atoms in total. The van der Waals surface area contributed by atoms with E-state index in [1.807, 2.05) is 18.5 Å². The van der Waals surface area contributed by atoms with Gasteiger partial charge in [-0.05, 0) is 56.7 Å². The summed E-state index contributed by atoms with van der Waals surface area (Å²) in [6.07, 6.45) is 10.5. The Kier molecular flexibility index (Phi) is 6.31. The van der Waals surface area contributed by atoms with Crippen molar-refractivity contribution in [2.75, 3.05) is 33.0 Å². The zero-order valence-corrected chi connectivity index (χ0v) is 23.8. The van der Waals surface area contributed by atoms with Gasteiger partial charge in [0.15, 0.2) is 21.2 Å². The van der Waals surface area contributed by atoms with Crippen LogP contribution < -0.4 is 4.74 Å². The monoisotopic (exact) mass is 555 g/mol. The van der Waals surface area contributed by atoms with Crippen molar-refractivity contribution in [3.8, 4) is 27.7 Å². The molecule has 1 saturated carbocycles. The minimum absolute atomic E-state index is 0.219. The Hall–Kier alpha value is -2.83. The zero-order chi connectivity index (χ0) is 26.7. The number of hydrogen-bond acceptors (Lipinski definition) is 9. The minimum Gasteiger partial charge on any atom is -0.493 e. The normalized spacial score (nSPS) is 18.4. The molecule has 0 aromatic carbocycles. The van der Waals surface area contributed by atoms with Gasteiger partial charge in [-0.1, -0.05) is 13.8 Å². The number of nitrogens with zero attached hydrogens (tertiary/aromatic N) is 6. The number of pyridine rings is 1.